The van der Waals surface area contributed by atoms with E-state index >= 15 is 0 Å². The minimum Gasteiger partial charge on any atom is -0.339 e. The van der Waals surface area contributed by atoms with Gasteiger partial charge < -0.3 is 15.1 Å². The van der Waals surface area contributed by atoms with E-state index in [4.69, 9.17) is 0 Å². The molecule has 1 saturated heterocycles. The Kier molecular flexibility index (Phi) is 6.69. The summed E-state index contributed by atoms with van der Waals surface area (Å²) in [5, 5.41) is 2.74. The molecule has 1 fully saturated rings. The standard InChI is InChI=1S/C20H27N3O3/c1-14(13-19(25)23(4)18-9-11-22(3)12-10-18)20(26)21-17-7-5-16(6-8-17)15(2)24/h5-8,13,18H,9-12H2,1-4H3,(H,21,26)/b14-13-. The fourth-order valence-corrected chi connectivity index (χ4v) is 2.93. The number of hydrogen-bond donors (Lipinski definition) is 1. The highest BCUT2D eigenvalue weighted by Crippen LogP contribution is 2.15. The third-order valence-corrected chi connectivity index (χ3v) is 4.83. The fraction of sp³-hybridized carbons (Fsp3) is 0.450. The summed E-state index contributed by atoms with van der Waals surface area (Å²) in [5.41, 5.74) is 1.53. The topological polar surface area (TPSA) is 69.7 Å². The fourth-order valence-electron chi connectivity index (χ4n) is 2.93. The molecule has 1 aliphatic heterocycles. The molecule has 6 heteroatoms. The summed E-state index contributed by atoms with van der Waals surface area (Å²) in [5.74, 6) is -0.508. The van der Waals surface area contributed by atoms with E-state index in [1.165, 1.54) is 13.0 Å². The van der Waals surface area contributed by atoms with Crippen molar-refractivity contribution in [1.82, 2.24) is 9.80 Å². The molecule has 140 valence electrons. The molecule has 2 amide bonds. The SMILES string of the molecule is CC(=O)c1ccc(NC(=O)/C(C)=C\C(=O)N(C)C2CCN(C)CC2)cc1. The first-order valence-electron chi connectivity index (χ1n) is 8.84. The van der Waals surface area contributed by atoms with Crippen LogP contribution in [0.3, 0.4) is 0 Å². The van der Waals surface area contributed by atoms with Crippen LogP contribution < -0.4 is 5.32 Å². The van der Waals surface area contributed by atoms with Crippen molar-refractivity contribution in [2.45, 2.75) is 32.7 Å². The van der Waals surface area contributed by atoms with Crippen molar-refractivity contribution in [3.63, 3.8) is 0 Å². The van der Waals surface area contributed by atoms with E-state index in [1.54, 1.807) is 43.1 Å². The lowest BCUT2D eigenvalue weighted by atomic mass is 10.0. The Balaban J connectivity index is 1.95. The van der Waals surface area contributed by atoms with Gasteiger partial charge in [-0.3, -0.25) is 14.4 Å². The maximum atomic E-state index is 12.4. The zero-order valence-electron chi connectivity index (χ0n) is 15.9. The highest BCUT2D eigenvalue weighted by atomic mass is 16.2. The molecule has 0 aromatic heterocycles. The second-order valence-electron chi connectivity index (χ2n) is 6.90. The van der Waals surface area contributed by atoms with Gasteiger partial charge in [-0.1, -0.05) is 0 Å². The molecule has 1 aromatic rings. The van der Waals surface area contributed by atoms with Gasteiger partial charge in [0.15, 0.2) is 5.78 Å². The summed E-state index contributed by atoms with van der Waals surface area (Å²) in [4.78, 5) is 40.0. The van der Waals surface area contributed by atoms with Crippen LogP contribution in [0.5, 0.6) is 0 Å². The highest BCUT2D eigenvalue weighted by molar-refractivity contribution is 6.07. The van der Waals surface area contributed by atoms with Gasteiger partial charge in [0, 0.05) is 36.0 Å². The average molecular weight is 357 g/mol. The molecule has 0 radical (unpaired) electrons. The maximum absolute atomic E-state index is 12.4. The molecule has 1 aliphatic rings. The number of anilines is 1. The Morgan fingerprint density at radius 1 is 1.12 bits per heavy atom. The van der Waals surface area contributed by atoms with Crippen LogP contribution in [-0.2, 0) is 9.59 Å². The predicted molar refractivity (Wildman–Crippen MR) is 102 cm³/mol. The quantitative estimate of drug-likeness (QED) is 0.649. The minimum atomic E-state index is -0.328. The third-order valence-electron chi connectivity index (χ3n) is 4.83. The van der Waals surface area contributed by atoms with Crippen LogP contribution in [0.1, 0.15) is 37.0 Å². The number of amides is 2. The van der Waals surface area contributed by atoms with Crippen LogP contribution in [0, 0.1) is 0 Å². The van der Waals surface area contributed by atoms with E-state index in [-0.39, 0.29) is 23.6 Å². The summed E-state index contributed by atoms with van der Waals surface area (Å²) in [6.45, 7) is 5.07. The second-order valence-corrected chi connectivity index (χ2v) is 6.90. The van der Waals surface area contributed by atoms with Gasteiger partial charge in [-0.2, -0.15) is 0 Å². The number of ketones is 1. The Morgan fingerprint density at radius 3 is 2.23 bits per heavy atom. The van der Waals surface area contributed by atoms with Crippen molar-refractivity contribution in [2.75, 3.05) is 32.5 Å². The normalized spacial score (nSPS) is 16.2. The van der Waals surface area contributed by atoms with Crippen LogP contribution in [0.25, 0.3) is 0 Å². The molecule has 0 spiro atoms. The largest absolute Gasteiger partial charge is 0.339 e. The number of rotatable bonds is 5. The Labute approximate surface area is 154 Å². The number of carbonyl (C=O) groups is 3. The lowest BCUT2D eigenvalue weighted by Crippen LogP contribution is -2.44. The average Bonchev–Trinajstić information content (AvgIpc) is 2.62. The van der Waals surface area contributed by atoms with E-state index in [2.05, 4.69) is 17.3 Å². The number of carbonyl (C=O) groups excluding carboxylic acids is 3. The van der Waals surface area contributed by atoms with E-state index in [0.29, 0.717) is 16.8 Å². The summed E-state index contributed by atoms with van der Waals surface area (Å²) >= 11 is 0. The number of nitrogens with one attached hydrogen (secondary N) is 1. The third kappa shape index (κ3) is 5.26. The van der Waals surface area contributed by atoms with Crippen molar-refractivity contribution in [2.24, 2.45) is 0 Å². The summed E-state index contributed by atoms with van der Waals surface area (Å²) in [6.07, 6.45) is 3.28. The Hall–Kier alpha value is -2.47. The van der Waals surface area contributed by atoms with Gasteiger partial charge in [0.25, 0.3) is 5.91 Å². The van der Waals surface area contributed by atoms with Crippen LogP contribution in [0.2, 0.25) is 0 Å². The molecule has 1 N–H and O–H groups in total. The molecule has 0 bridgehead atoms. The first kappa shape index (κ1) is 19.8. The molecule has 0 aliphatic carbocycles. The molecule has 2 rings (SSSR count). The number of nitrogens with zero attached hydrogens (tertiary/aromatic N) is 2. The van der Waals surface area contributed by atoms with E-state index < -0.39 is 0 Å². The van der Waals surface area contributed by atoms with Gasteiger partial charge in [-0.25, -0.2) is 0 Å². The molecule has 0 unspecified atom stereocenters. The molecule has 26 heavy (non-hydrogen) atoms. The number of hydrogen-bond acceptors (Lipinski definition) is 4. The number of Topliss-reactive ketones (excluding diaryl/α,β-unsaturated/α-hetero) is 1. The van der Waals surface area contributed by atoms with Crippen molar-refractivity contribution in [3.8, 4) is 0 Å². The van der Waals surface area contributed by atoms with Gasteiger partial charge in [0.1, 0.15) is 0 Å². The van der Waals surface area contributed by atoms with Gasteiger partial charge in [-0.05, 0) is 71.1 Å². The van der Waals surface area contributed by atoms with Crippen molar-refractivity contribution >= 4 is 23.3 Å². The summed E-state index contributed by atoms with van der Waals surface area (Å²) in [7, 11) is 3.87. The first-order chi connectivity index (χ1) is 12.3. The molecule has 6 nitrogen and oxygen atoms in total. The molecular weight excluding hydrogens is 330 g/mol. The van der Waals surface area contributed by atoms with Crippen molar-refractivity contribution in [1.29, 1.82) is 0 Å². The van der Waals surface area contributed by atoms with Crippen molar-refractivity contribution in [3.05, 3.63) is 41.5 Å². The van der Waals surface area contributed by atoms with Gasteiger partial charge in [0.05, 0.1) is 0 Å². The lowest BCUT2D eigenvalue weighted by molar-refractivity contribution is -0.128. The van der Waals surface area contributed by atoms with E-state index in [9.17, 15) is 14.4 Å². The maximum Gasteiger partial charge on any atom is 0.251 e. The smallest absolute Gasteiger partial charge is 0.251 e. The zero-order chi connectivity index (χ0) is 19.3. The second kappa shape index (κ2) is 8.76. The number of piperidine rings is 1. The van der Waals surface area contributed by atoms with E-state index in [1.807, 2.05) is 0 Å². The molecular formula is C20H27N3O3. The zero-order valence-corrected chi connectivity index (χ0v) is 15.9. The molecule has 0 saturated carbocycles. The number of likely N-dealkylation sites (tertiary alicyclic amines) is 1. The van der Waals surface area contributed by atoms with Gasteiger partial charge >= 0.3 is 0 Å². The highest BCUT2D eigenvalue weighted by Gasteiger charge is 2.23. The van der Waals surface area contributed by atoms with Crippen LogP contribution in [-0.4, -0.2) is 60.6 Å². The van der Waals surface area contributed by atoms with Crippen LogP contribution >= 0.6 is 0 Å². The van der Waals surface area contributed by atoms with Gasteiger partial charge in [0.2, 0.25) is 5.91 Å². The monoisotopic (exact) mass is 357 g/mol. The summed E-state index contributed by atoms with van der Waals surface area (Å²) in [6, 6.07) is 6.89. The summed E-state index contributed by atoms with van der Waals surface area (Å²) < 4.78 is 0. The lowest BCUT2D eigenvalue weighted by Gasteiger charge is -2.34. The first-order valence-corrected chi connectivity index (χ1v) is 8.84. The predicted octanol–water partition coefficient (Wildman–Crippen LogP) is 2.33. The van der Waals surface area contributed by atoms with Crippen LogP contribution in [0.4, 0.5) is 5.69 Å². The minimum absolute atomic E-state index is 0.0264. The number of likely N-dealkylation sites (N-methyl/N-ethyl adjacent to an activating group) is 1. The Morgan fingerprint density at radius 2 is 1.69 bits per heavy atom. The van der Waals surface area contributed by atoms with Crippen molar-refractivity contribution < 1.29 is 14.4 Å². The number of benzene rings is 1. The van der Waals surface area contributed by atoms with Crippen LogP contribution in [0.15, 0.2) is 35.9 Å². The Bertz CT molecular complexity index is 702. The molecule has 1 heterocycles. The molecule has 0 atom stereocenters. The molecule has 1 aromatic carbocycles. The van der Waals surface area contributed by atoms with E-state index in [0.717, 1.165) is 25.9 Å². The van der Waals surface area contributed by atoms with Gasteiger partial charge in [-0.15, -0.1) is 0 Å².